The van der Waals surface area contributed by atoms with Gasteiger partial charge in [0.05, 0.1) is 25.2 Å². The van der Waals surface area contributed by atoms with Crippen molar-refractivity contribution in [2.75, 3.05) is 6.61 Å². The Bertz CT molecular complexity index is 1180. The molecule has 0 heterocycles. The molecule has 0 aliphatic rings. The number of hydrogen-bond donors (Lipinski definition) is 3. The first kappa shape index (κ1) is 58.0. The summed E-state index contributed by atoms with van der Waals surface area (Å²) in [6.45, 7) is 6.31. The van der Waals surface area contributed by atoms with Gasteiger partial charge in [-0.25, -0.2) is 0 Å². The van der Waals surface area contributed by atoms with Crippen molar-refractivity contribution in [3.8, 4) is 0 Å². The van der Waals surface area contributed by atoms with Crippen molar-refractivity contribution in [3.05, 3.63) is 85.1 Å². The van der Waals surface area contributed by atoms with Crippen LogP contribution in [0.2, 0.25) is 0 Å². The molecule has 3 atom stereocenters. The predicted octanol–water partition coefficient (Wildman–Crippen LogP) is 15.2. The SMILES string of the molecule is CC/C=C\C/C=C\C/C=C\C/C=C\C/C=C\CCCCCC(=O)OC(CCC/C=C/C=C/CCCCCCCCC)CC(=O)NC(CO)C(O)CCCCCCCCCCC. The highest BCUT2D eigenvalue weighted by Gasteiger charge is 2.24. The third-order valence-corrected chi connectivity index (χ3v) is 11.0. The van der Waals surface area contributed by atoms with Crippen LogP contribution < -0.4 is 5.32 Å². The van der Waals surface area contributed by atoms with E-state index in [0.29, 0.717) is 19.3 Å². The molecule has 0 fully saturated rings. The number of rotatable bonds is 44. The fraction of sp³-hybridized carbons (Fsp3) is 0.709. The monoisotopic (exact) mass is 850 g/mol. The minimum absolute atomic E-state index is 0.0269. The summed E-state index contributed by atoms with van der Waals surface area (Å²) in [5.74, 6) is -0.565. The Kier molecular flexibility index (Phi) is 45.7. The van der Waals surface area contributed by atoms with Gasteiger partial charge in [-0.05, 0) is 89.9 Å². The molecule has 0 aromatic heterocycles. The number of ether oxygens (including phenoxy) is 1. The predicted molar refractivity (Wildman–Crippen MR) is 264 cm³/mol. The third kappa shape index (κ3) is 43.5. The molecule has 0 aliphatic carbocycles. The van der Waals surface area contributed by atoms with E-state index in [1.54, 1.807) is 0 Å². The van der Waals surface area contributed by atoms with Crippen molar-refractivity contribution in [2.45, 2.75) is 244 Å². The van der Waals surface area contributed by atoms with E-state index in [1.165, 1.54) is 83.5 Å². The molecule has 0 saturated carbocycles. The van der Waals surface area contributed by atoms with Gasteiger partial charge in [0.25, 0.3) is 0 Å². The van der Waals surface area contributed by atoms with E-state index >= 15 is 0 Å². The minimum atomic E-state index is -0.807. The van der Waals surface area contributed by atoms with Crippen LogP contribution in [0, 0.1) is 0 Å². The van der Waals surface area contributed by atoms with E-state index < -0.39 is 18.2 Å². The Morgan fingerprint density at radius 1 is 0.508 bits per heavy atom. The van der Waals surface area contributed by atoms with Crippen LogP contribution in [-0.4, -0.2) is 46.9 Å². The maximum Gasteiger partial charge on any atom is 0.306 e. The minimum Gasteiger partial charge on any atom is -0.462 e. The van der Waals surface area contributed by atoms with E-state index in [-0.39, 0.29) is 24.9 Å². The number of hydrogen-bond acceptors (Lipinski definition) is 5. The molecule has 350 valence electrons. The topological polar surface area (TPSA) is 95.9 Å². The highest BCUT2D eigenvalue weighted by Crippen LogP contribution is 2.16. The molecule has 6 nitrogen and oxygen atoms in total. The average molecular weight is 850 g/mol. The number of aliphatic hydroxyl groups excluding tert-OH is 2. The molecule has 0 aromatic rings. The lowest BCUT2D eigenvalue weighted by Gasteiger charge is -2.24. The largest absolute Gasteiger partial charge is 0.462 e. The van der Waals surface area contributed by atoms with Gasteiger partial charge in [0.2, 0.25) is 5.91 Å². The van der Waals surface area contributed by atoms with Crippen LogP contribution in [0.4, 0.5) is 0 Å². The second-order valence-electron chi connectivity index (χ2n) is 16.9. The molecule has 0 spiro atoms. The van der Waals surface area contributed by atoms with Gasteiger partial charge in [0.1, 0.15) is 6.10 Å². The Labute approximate surface area is 376 Å². The maximum absolute atomic E-state index is 13.2. The second kappa shape index (κ2) is 48.1. The first-order valence-corrected chi connectivity index (χ1v) is 25.3. The van der Waals surface area contributed by atoms with Crippen LogP contribution in [0.1, 0.15) is 226 Å². The Morgan fingerprint density at radius 2 is 0.951 bits per heavy atom. The first-order valence-electron chi connectivity index (χ1n) is 25.3. The maximum atomic E-state index is 13.2. The van der Waals surface area contributed by atoms with Crippen molar-refractivity contribution in [1.82, 2.24) is 5.32 Å². The van der Waals surface area contributed by atoms with E-state index in [2.05, 4.69) is 111 Å². The van der Waals surface area contributed by atoms with Crippen molar-refractivity contribution >= 4 is 11.9 Å². The van der Waals surface area contributed by atoms with Crippen LogP contribution in [0.25, 0.3) is 0 Å². The molecule has 6 heteroatoms. The molecule has 3 unspecified atom stereocenters. The zero-order valence-corrected chi connectivity index (χ0v) is 39.8. The van der Waals surface area contributed by atoms with E-state index in [0.717, 1.165) is 96.3 Å². The summed E-state index contributed by atoms with van der Waals surface area (Å²) in [4.78, 5) is 26.1. The summed E-state index contributed by atoms with van der Waals surface area (Å²) in [5.41, 5.74) is 0. The number of carbonyl (C=O) groups is 2. The third-order valence-electron chi connectivity index (χ3n) is 11.0. The van der Waals surface area contributed by atoms with Gasteiger partial charge in [-0.1, -0.05) is 209 Å². The molecule has 0 aromatic carbocycles. The second-order valence-corrected chi connectivity index (χ2v) is 16.9. The lowest BCUT2D eigenvalue weighted by molar-refractivity contribution is -0.151. The van der Waals surface area contributed by atoms with Crippen LogP contribution in [0.5, 0.6) is 0 Å². The average Bonchev–Trinajstić information content (AvgIpc) is 3.25. The molecule has 61 heavy (non-hydrogen) atoms. The molecule has 0 aliphatic heterocycles. The van der Waals surface area contributed by atoms with Gasteiger partial charge in [-0.3, -0.25) is 9.59 Å². The summed E-state index contributed by atoms with van der Waals surface area (Å²) >= 11 is 0. The number of unbranched alkanes of at least 4 members (excludes halogenated alkanes) is 19. The molecule has 0 bridgehead atoms. The summed E-state index contributed by atoms with van der Waals surface area (Å²) < 4.78 is 5.89. The van der Waals surface area contributed by atoms with E-state index in [4.69, 9.17) is 4.74 Å². The van der Waals surface area contributed by atoms with E-state index in [1.807, 2.05) is 0 Å². The van der Waals surface area contributed by atoms with Crippen molar-refractivity contribution in [2.24, 2.45) is 0 Å². The molecule has 3 N–H and O–H groups in total. The highest BCUT2D eigenvalue weighted by atomic mass is 16.5. The zero-order valence-electron chi connectivity index (χ0n) is 39.8. The first-order chi connectivity index (χ1) is 30.0. The van der Waals surface area contributed by atoms with Gasteiger partial charge in [0.15, 0.2) is 0 Å². The summed E-state index contributed by atoms with van der Waals surface area (Å²) in [6.07, 6.45) is 62.2. The van der Waals surface area contributed by atoms with Crippen molar-refractivity contribution < 1.29 is 24.5 Å². The van der Waals surface area contributed by atoms with Crippen molar-refractivity contribution in [3.63, 3.8) is 0 Å². The summed E-state index contributed by atoms with van der Waals surface area (Å²) in [6, 6.07) is -0.725. The van der Waals surface area contributed by atoms with Gasteiger partial charge in [-0.15, -0.1) is 0 Å². The Hall–Kier alpha value is -2.96. The number of allylic oxidation sites excluding steroid dienone is 14. The van der Waals surface area contributed by atoms with E-state index in [9.17, 15) is 19.8 Å². The molecule has 0 rings (SSSR count). The number of nitrogens with one attached hydrogen (secondary N) is 1. The Balaban J connectivity index is 4.70. The van der Waals surface area contributed by atoms with Crippen LogP contribution in [0.15, 0.2) is 85.1 Å². The Morgan fingerprint density at radius 3 is 1.48 bits per heavy atom. The normalized spacial score (nSPS) is 14.0. The van der Waals surface area contributed by atoms with Gasteiger partial charge in [0, 0.05) is 6.42 Å². The standard InChI is InChI=1S/C55H95NO5/c1-4-7-10-13-16-19-21-23-25-26-27-28-29-31-33-36-39-42-45-48-55(60)61-51(46-43-40-37-35-32-30-24-22-20-17-14-11-8-5-2)49-54(59)56-52(50-57)53(58)47-44-41-38-34-18-15-12-9-6-3/h7,10,16,19,23,25,27-28,30-33,35,37,51-53,57-58H,4-6,8-9,11-15,17-18,20-22,24,26,29,34,36,38-50H2,1-3H3,(H,56,59)/b10-7-,19-16-,25-23-,28-27-,32-30+,33-31-,37-35+. The lowest BCUT2D eigenvalue weighted by atomic mass is 10.0. The fourth-order valence-electron chi connectivity index (χ4n) is 7.16. The summed E-state index contributed by atoms with van der Waals surface area (Å²) in [5, 5.41) is 23.6. The van der Waals surface area contributed by atoms with Crippen LogP contribution in [-0.2, 0) is 14.3 Å². The fourth-order valence-corrected chi connectivity index (χ4v) is 7.16. The quantitative estimate of drug-likeness (QED) is 0.0246. The van der Waals surface area contributed by atoms with Crippen LogP contribution in [0.3, 0.4) is 0 Å². The number of esters is 1. The number of amides is 1. The number of carbonyl (C=O) groups excluding carboxylic acids is 2. The molecule has 0 radical (unpaired) electrons. The molecule has 0 saturated heterocycles. The van der Waals surface area contributed by atoms with Gasteiger partial charge < -0.3 is 20.3 Å². The van der Waals surface area contributed by atoms with Gasteiger partial charge in [-0.2, -0.15) is 0 Å². The number of aliphatic hydroxyl groups is 2. The summed E-state index contributed by atoms with van der Waals surface area (Å²) in [7, 11) is 0. The van der Waals surface area contributed by atoms with Gasteiger partial charge >= 0.3 is 5.97 Å². The molecule has 1 amide bonds. The smallest absolute Gasteiger partial charge is 0.306 e. The highest BCUT2D eigenvalue weighted by molar-refractivity contribution is 5.77. The molecular formula is C55H95NO5. The van der Waals surface area contributed by atoms with Crippen molar-refractivity contribution in [1.29, 1.82) is 0 Å². The zero-order chi connectivity index (χ0) is 44.5. The van der Waals surface area contributed by atoms with Crippen LogP contribution >= 0.6 is 0 Å². The lowest BCUT2D eigenvalue weighted by Crippen LogP contribution is -2.46. The molecular weight excluding hydrogens is 755 g/mol.